The lowest BCUT2D eigenvalue weighted by Crippen LogP contribution is -2.25. The SMILES string of the molecule is NC(Cc1cccc(Cl)c1)c1ccc(S(=O)(=O)NCCC(c2ccccc2)c2ccccc2)s1. The quantitative estimate of drug-likeness (QED) is 0.269. The number of sulfonamides is 1. The first-order chi connectivity index (χ1) is 16.4. The molecule has 1 aromatic heterocycles. The fraction of sp³-hybridized carbons (Fsp3) is 0.185. The molecule has 0 aliphatic carbocycles. The predicted molar refractivity (Wildman–Crippen MR) is 141 cm³/mol. The van der Waals surface area contributed by atoms with Crippen molar-refractivity contribution in [1.82, 2.24) is 4.72 Å². The molecule has 3 N–H and O–H groups in total. The normalized spacial score (nSPS) is 12.7. The molecule has 4 nitrogen and oxygen atoms in total. The van der Waals surface area contributed by atoms with E-state index in [0.29, 0.717) is 24.4 Å². The van der Waals surface area contributed by atoms with E-state index in [1.807, 2.05) is 60.7 Å². The van der Waals surface area contributed by atoms with Crippen LogP contribution >= 0.6 is 22.9 Å². The van der Waals surface area contributed by atoms with Gasteiger partial charge in [0.15, 0.2) is 0 Å². The molecule has 0 radical (unpaired) electrons. The minimum Gasteiger partial charge on any atom is -0.323 e. The molecular formula is C27H27ClN2O2S2. The fourth-order valence-corrected chi connectivity index (χ4v) is 6.63. The van der Waals surface area contributed by atoms with Gasteiger partial charge in [-0.15, -0.1) is 11.3 Å². The number of thiophene rings is 1. The molecule has 0 aliphatic heterocycles. The van der Waals surface area contributed by atoms with Crippen molar-refractivity contribution in [3.05, 3.63) is 124 Å². The van der Waals surface area contributed by atoms with E-state index >= 15 is 0 Å². The Morgan fingerprint density at radius 1 is 0.853 bits per heavy atom. The van der Waals surface area contributed by atoms with Gasteiger partial charge in [0.2, 0.25) is 10.0 Å². The van der Waals surface area contributed by atoms with Gasteiger partial charge in [-0.25, -0.2) is 13.1 Å². The van der Waals surface area contributed by atoms with Crippen LogP contribution < -0.4 is 10.5 Å². The van der Waals surface area contributed by atoms with Crippen molar-refractivity contribution in [2.45, 2.75) is 29.0 Å². The van der Waals surface area contributed by atoms with Gasteiger partial charge in [0.1, 0.15) is 4.21 Å². The lowest BCUT2D eigenvalue weighted by Gasteiger charge is -2.18. The van der Waals surface area contributed by atoms with E-state index in [1.165, 1.54) is 22.5 Å². The Balaban J connectivity index is 1.41. The van der Waals surface area contributed by atoms with Crippen LogP contribution in [0, 0.1) is 0 Å². The Morgan fingerprint density at radius 2 is 1.50 bits per heavy atom. The van der Waals surface area contributed by atoms with Gasteiger partial charge in [0, 0.05) is 28.4 Å². The van der Waals surface area contributed by atoms with Gasteiger partial charge in [0.25, 0.3) is 0 Å². The van der Waals surface area contributed by atoms with Gasteiger partial charge >= 0.3 is 0 Å². The molecule has 7 heteroatoms. The maximum absolute atomic E-state index is 13.0. The summed E-state index contributed by atoms with van der Waals surface area (Å²) < 4.78 is 29.0. The Bertz CT molecular complexity index is 1270. The second-order valence-corrected chi connectivity index (χ2v) is 11.7. The molecule has 4 rings (SSSR count). The molecule has 0 bridgehead atoms. The molecule has 0 fully saturated rings. The third-order valence-corrected chi connectivity index (χ3v) is 9.11. The van der Waals surface area contributed by atoms with E-state index in [4.69, 9.17) is 17.3 Å². The first-order valence-corrected chi connectivity index (χ1v) is 13.8. The van der Waals surface area contributed by atoms with Crippen LogP contribution in [0.15, 0.2) is 101 Å². The summed E-state index contributed by atoms with van der Waals surface area (Å²) in [4.78, 5) is 0.826. The highest BCUT2D eigenvalue weighted by Gasteiger charge is 2.21. The number of rotatable bonds is 10. The van der Waals surface area contributed by atoms with Crippen molar-refractivity contribution >= 4 is 33.0 Å². The lowest BCUT2D eigenvalue weighted by molar-refractivity contribution is 0.577. The summed E-state index contributed by atoms with van der Waals surface area (Å²) in [7, 11) is -3.62. The summed E-state index contributed by atoms with van der Waals surface area (Å²) in [6.45, 7) is 0.332. The molecule has 0 saturated carbocycles. The summed E-state index contributed by atoms with van der Waals surface area (Å²) >= 11 is 7.28. The average Bonchev–Trinajstić information content (AvgIpc) is 3.35. The van der Waals surface area contributed by atoms with Crippen LogP contribution in [0.2, 0.25) is 5.02 Å². The minimum atomic E-state index is -3.62. The van der Waals surface area contributed by atoms with Crippen LogP contribution in [0.3, 0.4) is 0 Å². The largest absolute Gasteiger partial charge is 0.323 e. The van der Waals surface area contributed by atoms with Crippen LogP contribution in [0.1, 0.15) is 39.9 Å². The van der Waals surface area contributed by atoms with Crippen LogP contribution in [0.5, 0.6) is 0 Å². The molecule has 1 atom stereocenters. The van der Waals surface area contributed by atoms with Gasteiger partial charge in [-0.05, 0) is 53.8 Å². The maximum atomic E-state index is 13.0. The number of nitrogens with one attached hydrogen (secondary N) is 1. The van der Waals surface area contributed by atoms with Gasteiger partial charge in [0.05, 0.1) is 0 Å². The smallest absolute Gasteiger partial charge is 0.250 e. The summed E-state index contributed by atoms with van der Waals surface area (Å²) in [6.07, 6.45) is 1.24. The fourth-order valence-electron chi connectivity index (χ4n) is 4.00. The summed E-state index contributed by atoms with van der Waals surface area (Å²) in [5, 5.41) is 0.660. The van der Waals surface area contributed by atoms with Crippen molar-refractivity contribution in [1.29, 1.82) is 0 Å². The summed E-state index contributed by atoms with van der Waals surface area (Å²) in [5.74, 6) is 0.107. The van der Waals surface area contributed by atoms with Crippen molar-refractivity contribution in [3.8, 4) is 0 Å². The number of hydrogen-bond donors (Lipinski definition) is 2. The van der Waals surface area contributed by atoms with Crippen molar-refractivity contribution in [3.63, 3.8) is 0 Å². The number of nitrogens with two attached hydrogens (primary N) is 1. The lowest BCUT2D eigenvalue weighted by atomic mass is 9.89. The van der Waals surface area contributed by atoms with Crippen LogP contribution in [-0.4, -0.2) is 15.0 Å². The number of halogens is 1. The second-order valence-electron chi connectivity index (χ2n) is 8.16. The van der Waals surface area contributed by atoms with Crippen LogP contribution in [-0.2, 0) is 16.4 Å². The zero-order valence-corrected chi connectivity index (χ0v) is 21.0. The van der Waals surface area contributed by atoms with Crippen molar-refractivity contribution in [2.75, 3.05) is 6.54 Å². The van der Waals surface area contributed by atoms with Gasteiger partial charge < -0.3 is 5.73 Å². The molecular weight excluding hydrogens is 484 g/mol. The molecule has 4 aromatic rings. The van der Waals surface area contributed by atoms with Gasteiger partial charge in [-0.2, -0.15) is 0 Å². The molecule has 0 spiro atoms. The minimum absolute atomic E-state index is 0.107. The van der Waals surface area contributed by atoms with E-state index in [2.05, 4.69) is 29.0 Å². The van der Waals surface area contributed by atoms with Gasteiger partial charge in [-0.1, -0.05) is 84.4 Å². The van der Waals surface area contributed by atoms with Crippen molar-refractivity contribution < 1.29 is 8.42 Å². The predicted octanol–water partition coefficient (Wildman–Crippen LogP) is 6.14. The first kappa shape index (κ1) is 24.6. The Hall–Kier alpha value is -2.48. The molecule has 0 saturated heterocycles. The summed E-state index contributed by atoms with van der Waals surface area (Å²) in [6, 6.07) is 31.0. The maximum Gasteiger partial charge on any atom is 0.250 e. The van der Waals surface area contributed by atoms with Crippen LogP contribution in [0.25, 0.3) is 0 Å². The van der Waals surface area contributed by atoms with E-state index < -0.39 is 10.0 Å². The molecule has 3 aromatic carbocycles. The van der Waals surface area contributed by atoms with E-state index in [1.54, 1.807) is 12.1 Å². The Labute approximate surface area is 210 Å². The highest BCUT2D eigenvalue weighted by Crippen LogP contribution is 2.30. The van der Waals surface area contributed by atoms with Crippen molar-refractivity contribution in [2.24, 2.45) is 5.73 Å². The van der Waals surface area contributed by atoms with Crippen LogP contribution in [0.4, 0.5) is 0 Å². The number of hydrogen-bond acceptors (Lipinski definition) is 4. The molecule has 0 amide bonds. The zero-order valence-electron chi connectivity index (χ0n) is 18.6. The summed E-state index contributed by atoms with van der Waals surface area (Å²) in [5.41, 5.74) is 9.70. The molecule has 34 heavy (non-hydrogen) atoms. The monoisotopic (exact) mass is 510 g/mol. The Morgan fingerprint density at radius 3 is 2.12 bits per heavy atom. The standard InChI is InChI=1S/C27H27ClN2O2S2/c28-23-13-7-8-20(18-23)19-25(29)26-14-15-27(33-26)34(31,32)30-17-16-24(21-9-3-1-4-10-21)22-11-5-2-6-12-22/h1-15,18,24-25,30H,16-17,19,29H2. The van der Waals surface area contributed by atoms with E-state index in [9.17, 15) is 8.42 Å². The highest BCUT2D eigenvalue weighted by molar-refractivity contribution is 7.91. The third kappa shape index (κ3) is 6.34. The second kappa shape index (κ2) is 11.3. The third-order valence-electron chi connectivity index (χ3n) is 5.71. The number of benzene rings is 3. The van der Waals surface area contributed by atoms with E-state index in [-0.39, 0.29) is 16.2 Å². The molecule has 0 aliphatic rings. The molecule has 176 valence electrons. The topological polar surface area (TPSA) is 72.2 Å². The van der Waals surface area contributed by atoms with E-state index in [0.717, 1.165) is 10.4 Å². The molecule has 1 heterocycles. The molecule has 1 unspecified atom stereocenters. The zero-order chi connectivity index (χ0) is 24.0. The highest BCUT2D eigenvalue weighted by atomic mass is 35.5. The van der Waals surface area contributed by atoms with Gasteiger partial charge in [-0.3, -0.25) is 0 Å². The average molecular weight is 511 g/mol. The Kier molecular flexibility index (Phi) is 8.19. The first-order valence-electron chi connectivity index (χ1n) is 11.1.